The summed E-state index contributed by atoms with van der Waals surface area (Å²) in [5.41, 5.74) is 1.71. The molecule has 0 amide bonds. The molecule has 138 valence electrons. The molecule has 2 saturated heterocycles. The van der Waals surface area contributed by atoms with Gasteiger partial charge in [-0.05, 0) is 49.4 Å². The molecule has 0 spiro atoms. The van der Waals surface area contributed by atoms with Gasteiger partial charge in [0.05, 0.1) is 17.2 Å². The lowest BCUT2D eigenvalue weighted by atomic mass is 9.75. The molecule has 2 aromatic carbocycles. The number of Topliss-reactive ketones (excluding diaryl/α,β-unsaturated/α-hetero) is 1. The third kappa shape index (κ3) is 3.65. The second-order valence-electron chi connectivity index (χ2n) is 7.74. The van der Waals surface area contributed by atoms with Crippen molar-refractivity contribution in [3.8, 4) is 6.07 Å². The quantitative estimate of drug-likeness (QED) is 0.740. The normalized spacial score (nSPS) is 25.0. The Bertz CT molecular complexity index is 860. The topological polar surface area (TPSA) is 44.1 Å². The van der Waals surface area contributed by atoms with Crippen molar-refractivity contribution in [2.24, 2.45) is 5.92 Å². The first kappa shape index (κ1) is 17.9. The van der Waals surface area contributed by atoms with E-state index in [4.69, 9.17) is 5.26 Å². The molecule has 2 aromatic rings. The van der Waals surface area contributed by atoms with Crippen LogP contribution in [0.3, 0.4) is 0 Å². The van der Waals surface area contributed by atoms with Crippen molar-refractivity contribution < 1.29 is 9.18 Å². The lowest BCUT2D eigenvalue weighted by molar-refractivity contribution is 0.00895. The number of hydrogen-bond acceptors (Lipinski definition) is 3. The van der Waals surface area contributed by atoms with Gasteiger partial charge in [-0.15, -0.1) is 0 Å². The van der Waals surface area contributed by atoms with Gasteiger partial charge in [-0.3, -0.25) is 9.69 Å². The molecular weight excluding hydrogens is 339 g/mol. The highest BCUT2D eigenvalue weighted by atomic mass is 19.1. The van der Waals surface area contributed by atoms with Gasteiger partial charge in [-0.25, -0.2) is 4.39 Å². The minimum atomic E-state index is -0.518. The van der Waals surface area contributed by atoms with Crippen LogP contribution in [-0.4, -0.2) is 22.8 Å². The van der Waals surface area contributed by atoms with E-state index >= 15 is 0 Å². The maximum absolute atomic E-state index is 14.2. The predicted molar refractivity (Wildman–Crippen MR) is 102 cm³/mol. The molecule has 0 saturated carbocycles. The van der Waals surface area contributed by atoms with Crippen LogP contribution in [0.1, 0.15) is 53.6 Å². The minimum absolute atomic E-state index is 0.0774. The molecule has 3 nitrogen and oxygen atoms in total. The van der Waals surface area contributed by atoms with E-state index in [2.05, 4.69) is 29.2 Å². The second kappa shape index (κ2) is 7.62. The number of benzene rings is 2. The number of halogens is 1. The largest absolute Gasteiger partial charge is 0.294 e. The summed E-state index contributed by atoms with van der Waals surface area (Å²) in [6.45, 7) is 0.912. The minimum Gasteiger partial charge on any atom is -0.294 e. The highest BCUT2D eigenvalue weighted by Gasteiger charge is 2.41. The third-order valence-corrected chi connectivity index (χ3v) is 6.07. The summed E-state index contributed by atoms with van der Waals surface area (Å²) in [6, 6.07) is 17.2. The average Bonchev–Trinajstić information content (AvgIpc) is 2.68. The van der Waals surface area contributed by atoms with Gasteiger partial charge in [0, 0.05) is 24.5 Å². The van der Waals surface area contributed by atoms with Gasteiger partial charge in [0.15, 0.2) is 5.78 Å². The van der Waals surface area contributed by atoms with Crippen LogP contribution in [-0.2, 0) is 6.54 Å². The zero-order valence-corrected chi connectivity index (χ0v) is 15.3. The smallest absolute Gasteiger partial charge is 0.169 e. The Balaban J connectivity index is 1.53. The molecule has 0 radical (unpaired) electrons. The van der Waals surface area contributed by atoms with Crippen molar-refractivity contribution in [1.82, 2.24) is 4.90 Å². The van der Waals surface area contributed by atoms with Gasteiger partial charge in [0.2, 0.25) is 0 Å². The molecule has 4 rings (SSSR count). The number of nitriles is 1. The van der Waals surface area contributed by atoms with Crippen LogP contribution in [0, 0.1) is 23.1 Å². The van der Waals surface area contributed by atoms with Crippen LogP contribution >= 0.6 is 0 Å². The molecule has 2 heterocycles. The van der Waals surface area contributed by atoms with Crippen molar-refractivity contribution in [3.05, 3.63) is 71.0 Å². The summed E-state index contributed by atoms with van der Waals surface area (Å²) in [5.74, 6) is -0.812. The second-order valence-corrected chi connectivity index (χ2v) is 7.74. The van der Waals surface area contributed by atoms with E-state index < -0.39 is 5.82 Å². The van der Waals surface area contributed by atoms with E-state index in [1.165, 1.54) is 30.2 Å². The first-order valence-corrected chi connectivity index (χ1v) is 9.69. The van der Waals surface area contributed by atoms with Gasteiger partial charge in [-0.1, -0.05) is 36.8 Å². The summed E-state index contributed by atoms with van der Waals surface area (Å²) in [5, 5.41) is 9.06. The standard InChI is InChI=1S/C23H23FN2O/c24-22-10-9-17(14-25)11-21(22)23(27)18-12-19-7-4-8-20(13-18)26(19)15-16-5-2-1-3-6-16/h1-3,5-6,9-11,18-20H,4,7-8,12-13,15H2. The summed E-state index contributed by atoms with van der Waals surface area (Å²) in [4.78, 5) is 15.6. The molecule has 0 N–H and O–H groups in total. The molecule has 0 aliphatic carbocycles. The first-order chi connectivity index (χ1) is 13.2. The van der Waals surface area contributed by atoms with Crippen LogP contribution in [0.5, 0.6) is 0 Å². The summed E-state index contributed by atoms with van der Waals surface area (Å²) in [7, 11) is 0. The molecule has 4 heteroatoms. The van der Waals surface area contributed by atoms with Crippen molar-refractivity contribution >= 4 is 5.78 Å². The van der Waals surface area contributed by atoms with E-state index in [1.54, 1.807) is 0 Å². The number of carbonyl (C=O) groups excluding carboxylic acids is 1. The Hall–Kier alpha value is -2.51. The highest BCUT2D eigenvalue weighted by Crippen LogP contribution is 2.39. The molecular formula is C23H23FN2O. The monoisotopic (exact) mass is 362 g/mol. The van der Waals surface area contributed by atoms with E-state index in [-0.39, 0.29) is 17.3 Å². The number of fused-ring (bicyclic) bond motifs is 2. The molecule has 27 heavy (non-hydrogen) atoms. The van der Waals surface area contributed by atoms with Crippen LogP contribution in [0.25, 0.3) is 0 Å². The fourth-order valence-corrected chi connectivity index (χ4v) is 4.75. The van der Waals surface area contributed by atoms with E-state index in [9.17, 15) is 9.18 Å². The zero-order chi connectivity index (χ0) is 18.8. The molecule has 0 aromatic heterocycles. The van der Waals surface area contributed by atoms with Crippen LogP contribution in [0.4, 0.5) is 4.39 Å². The fraction of sp³-hybridized carbons (Fsp3) is 0.391. The van der Waals surface area contributed by atoms with Crippen LogP contribution in [0.15, 0.2) is 48.5 Å². The number of carbonyl (C=O) groups is 1. The van der Waals surface area contributed by atoms with E-state index in [0.717, 1.165) is 32.2 Å². The van der Waals surface area contributed by atoms with Gasteiger partial charge in [0.25, 0.3) is 0 Å². The summed E-state index contributed by atoms with van der Waals surface area (Å²) < 4.78 is 14.2. The third-order valence-electron chi connectivity index (χ3n) is 6.07. The summed E-state index contributed by atoms with van der Waals surface area (Å²) in [6.07, 6.45) is 4.93. The number of rotatable bonds is 4. The fourth-order valence-electron chi connectivity index (χ4n) is 4.75. The maximum Gasteiger partial charge on any atom is 0.169 e. The Morgan fingerprint density at radius 1 is 1.11 bits per heavy atom. The number of nitrogens with zero attached hydrogens (tertiary/aromatic N) is 2. The molecule has 2 aliphatic rings. The number of hydrogen-bond donors (Lipinski definition) is 0. The first-order valence-electron chi connectivity index (χ1n) is 9.69. The lowest BCUT2D eigenvalue weighted by Gasteiger charge is -2.48. The predicted octanol–water partition coefficient (Wildman–Crippen LogP) is 4.71. The lowest BCUT2D eigenvalue weighted by Crippen LogP contribution is -2.52. The van der Waals surface area contributed by atoms with Crippen molar-refractivity contribution in [2.45, 2.75) is 50.7 Å². The highest BCUT2D eigenvalue weighted by molar-refractivity contribution is 5.98. The van der Waals surface area contributed by atoms with Crippen LogP contribution < -0.4 is 0 Å². The van der Waals surface area contributed by atoms with Crippen LogP contribution in [0.2, 0.25) is 0 Å². The Labute approximate surface area is 159 Å². The zero-order valence-electron chi connectivity index (χ0n) is 15.3. The number of ketones is 1. The Kier molecular flexibility index (Phi) is 5.05. The Morgan fingerprint density at radius 2 is 1.81 bits per heavy atom. The molecule has 2 unspecified atom stereocenters. The maximum atomic E-state index is 14.2. The SMILES string of the molecule is N#Cc1ccc(F)c(C(=O)C2CC3CCCC(C2)N3Cc2ccccc2)c1. The summed E-state index contributed by atoms with van der Waals surface area (Å²) >= 11 is 0. The van der Waals surface area contributed by atoms with E-state index in [1.807, 2.05) is 12.1 Å². The molecule has 2 bridgehead atoms. The number of piperidine rings is 2. The molecule has 2 atom stereocenters. The molecule has 2 fully saturated rings. The Morgan fingerprint density at radius 3 is 2.48 bits per heavy atom. The van der Waals surface area contributed by atoms with Gasteiger partial charge in [-0.2, -0.15) is 5.26 Å². The van der Waals surface area contributed by atoms with Gasteiger partial charge < -0.3 is 0 Å². The van der Waals surface area contributed by atoms with Crippen molar-refractivity contribution in [2.75, 3.05) is 0 Å². The molecule has 2 aliphatic heterocycles. The van der Waals surface area contributed by atoms with Crippen molar-refractivity contribution in [3.63, 3.8) is 0 Å². The van der Waals surface area contributed by atoms with E-state index in [0.29, 0.717) is 17.6 Å². The van der Waals surface area contributed by atoms with Gasteiger partial charge >= 0.3 is 0 Å². The average molecular weight is 362 g/mol. The van der Waals surface area contributed by atoms with Crippen molar-refractivity contribution in [1.29, 1.82) is 5.26 Å². The van der Waals surface area contributed by atoms with Gasteiger partial charge in [0.1, 0.15) is 5.82 Å².